The van der Waals surface area contributed by atoms with Crippen molar-refractivity contribution in [1.29, 1.82) is 0 Å². The fourth-order valence-electron chi connectivity index (χ4n) is 3.82. The van der Waals surface area contributed by atoms with Crippen molar-refractivity contribution in [2.24, 2.45) is 0 Å². The van der Waals surface area contributed by atoms with E-state index in [4.69, 9.17) is 0 Å². The molecule has 1 atom stereocenters. The molecule has 1 aliphatic rings. The number of carbonyl (C=O) groups excluding carboxylic acids is 1. The van der Waals surface area contributed by atoms with Crippen LogP contribution in [0.3, 0.4) is 0 Å². The number of carbonyl (C=O) groups is 1. The molecular weight excluding hydrogens is 371 g/mol. The number of unbranched alkanes of at least 4 members (excludes halogenated alkanes) is 2. The predicted octanol–water partition coefficient (Wildman–Crippen LogP) is 4.23. The highest BCUT2D eigenvalue weighted by Gasteiger charge is 2.53. The minimum absolute atomic E-state index is 0.236. The van der Waals surface area contributed by atoms with Crippen LogP contribution < -0.4 is 4.90 Å². The summed E-state index contributed by atoms with van der Waals surface area (Å²) >= 11 is 0. The van der Waals surface area contributed by atoms with Gasteiger partial charge in [0.15, 0.2) is 0 Å². The van der Waals surface area contributed by atoms with Crippen molar-refractivity contribution in [2.45, 2.75) is 37.8 Å². The normalized spacial score (nSPS) is 19.2. The minimum atomic E-state index is -4.64. The van der Waals surface area contributed by atoms with Crippen molar-refractivity contribution >= 4 is 11.6 Å². The number of rotatable bonds is 6. The molecule has 0 saturated heterocycles. The molecule has 2 aromatic rings. The summed E-state index contributed by atoms with van der Waals surface area (Å²) in [6, 6.07) is 9.16. The van der Waals surface area contributed by atoms with E-state index < -0.39 is 35.4 Å². The Hall–Kier alpha value is -2.54. The molecule has 1 unspecified atom stereocenters. The minimum Gasteiger partial charge on any atom is -0.508 e. The SMILES string of the molecule is CCCCCN1C(=O)C(CO)(c2cc(C(F)(F)F)ccc2O)c2ccccc21. The summed E-state index contributed by atoms with van der Waals surface area (Å²) in [5.41, 5.74) is -2.04. The number of hydrogen-bond acceptors (Lipinski definition) is 3. The second-order valence-corrected chi connectivity index (χ2v) is 6.97. The zero-order chi connectivity index (χ0) is 20.5. The van der Waals surface area contributed by atoms with E-state index in [9.17, 15) is 28.2 Å². The van der Waals surface area contributed by atoms with E-state index in [0.717, 1.165) is 37.5 Å². The van der Waals surface area contributed by atoms with E-state index in [2.05, 4.69) is 0 Å². The first-order valence-corrected chi connectivity index (χ1v) is 9.20. The number of amides is 1. The Labute approximate surface area is 161 Å². The molecule has 150 valence electrons. The number of phenols is 1. The Morgan fingerprint density at radius 3 is 2.43 bits per heavy atom. The van der Waals surface area contributed by atoms with E-state index >= 15 is 0 Å². The summed E-state index contributed by atoms with van der Waals surface area (Å²) in [6.07, 6.45) is -2.07. The van der Waals surface area contributed by atoms with Crippen molar-refractivity contribution in [3.8, 4) is 5.75 Å². The molecule has 28 heavy (non-hydrogen) atoms. The van der Waals surface area contributed by atoms with Crippen LogP contribution >= 0.6 is 0 Å². The molecule has 0 saturated carbocycles. The van der Waals surface area contributed by atoms with Crippen LogP contribution in [0.1, 0.15) is 42.9 Å². The lowest BCUT2D eigenvalue weighted by Gasteiger charge is -2.28. The maximum atomic E-state index is 13.4. The van der Waals surface area contributed by atoms with Crippen molar-refractivity contribution in [3.63, 3.8) is 0 Å². The molecule has 7 heteroatoms. The molecule has 1 amide bonds. The number of aromatic hydroxyl groups is 1. The van der Waals surface area contributed by atoms with Gasteiger partial charge in [-0.05, 0) is 36.2 Å². The van der Waals surface area contributed by atoms with Gasteiger partial charge in [-0.3, -0.25) is 4.79 Å². The molecule has 0 fully saturated rings. The second-order valence-electron chi connectivity index (χ2n) is 6.97. The van der Waals surface area contributed by atoms with Crippen molar-refractivity contribution < 1.29 is 28.2 Å². The molecule has 4 nitrogen and oxygen atoms in total. The number of halogens is 3. The number of aliphatic hydroxyl groups is 1. The highest BCUT2D eigenvalue weighted by Crippen LogP contribution is 2.49. The predicted molar refractivity (Wildman–Crippen MR) is 99.3 cm³/mol. The Bertz CT molecular complexity index is 881. The Morgan fingerprint density at radius 1 is 1.07 bits per heavy atom. The van der Waals surface area contributed by atoms with Gasteiger partial charge in [0.1, 0.15) is 11.2 Å². The maximum absolute atomic E-state index is 13.4. The van der Waals surface area contributed by atoms with Gasteiger partial charge in [-0.25, -0.2) is 0 Å². The number of para-hydroxylation sites is 1. The second kappa shape index (κ2) is 7.47. The van der Waals surface area contributed by atoms with Gasteiger partial charge < -0.3 is 15.1 Å². The Kier molecular flexibility index (Phi) is 5.39. The van der Waals surface area contributed by atoms with Gasteiger partial charge >= 0.3 is 6.18 Å². The van der Waals surface area contributed by atoms with E-state index in [0.29, 0.717) is 17.8 Å². The quantitative estimate of drug-likeness (QED) is 0.723. The highest BCUT2D eigenvalue weighted by molar-refractivity contribution is 6.11. The van der Waals surface area contributed by atoms with Gasteiger partial charge in [0.2, 0.25) is 5.91 Å². The molecule has 0 bridgehead atoms. The zero-order valence-electron chi connectivity index (χ0n) is 15.5. The van der Waals surface area contributed by atoms with Gasteiger partial charge in [0.05, 0.1) is 12.2 Å². The molecule has 0 aliphatic carbocycles. The molecule has 0 aromatic heterocycles. The van der Waals surface area contributed by atoms with Crippen LogP contribution in [0.25, 0.3) is 0 Å². The van der Waals surface area contributed by atoms with E-state index in [1.54, 1.807) is 24.3 Å². The lowest BCUT2D eigenvalue weighted by Crippen LogP contribution is -2.44. The maximum Gasteiger partial charge on any atom is 0.416 e. The summed E-state index contributed by atoms with van der Waals surface area (Å²) in [6.45, 7) is 1.67. The average Bonchev–Trinajstić information content (AvgIpc) is 2.90. The average molecular weight is 393 g/mol. The van der Waals surface area contributed by atoms with Gasteiger partial charge in [0, 0.05) is 17.8 Å². The first-order valence-electron chi connectivity index (χ1n) is 9.20. The number of nitrogens with zero attached hydrogens (tertiary/aromatic N) is 1. The lowest BCUT2D eigenvalue weighted by atomic mass is 9.75. The Balaban J connectivity index is 2.19. The summed E-state index contributed by atoms with van der Waals surface area (Å²) in [5.74, 6) is -0.984. The van der Waals surface area contributed by atoms with E-state index in [1.807, 2.05) is 6.92 Å². The molecule has 3 rings (SSSR count). The van der Waals surface area contributed by atoms with Gasteiger partial charge in [-0.15, -0.1) is 0 Å². The summed E-state index contributed by atoms with van der Waals surface area (Å²) in [4.78, 5) is 14.9. The Morgan fingerprint density at radius 2 is 1.79 bits per heavy atom. The van der Waals surface area contributed by atoms with Crippen LogP contribution in [0.15, 0.2) is 42.5 Å². The largest absolute Gasteiger partial charge is 0.508 e. The first kappa shape index (κ1) is 20.2. The zero-order valence-corrected chi connectivity index (χ0v) is 15.5. The van der Waals surface area contributed by atoms with Gasteiger partial charge in [-0.2, -0.15) is 13.2 Å². The standard InChI is InChI=1S/C21H22F3NO3/c1-2-3-6-11-25-17-8-5-4-7-15(17)20(13-26,19(25)28)16-12-14(21(22,23)24)9-10-18(16)27/h4-5,7-10,12,26-27H,2-3,6,11,13H2,1H3. The van der Waals surface area contributed by atoms with Crippen LogP contribution in [0.4, 0.5) is 18.9 Å². The van der Waals surface area contributed by atoms with Crippen LogP contribution in [0.2, 0.25) is 0 Å². The van der Waals surface area contributed by atoms with Crippen molar-refractivity contribution in [3.05, 3.63) is 59.2 Å². The fourth-order valence-corrected chi connectivity index (χ4v) is 3.82. The van der Waals surface area contributed by atoms with Crippen molar-refractivity contribution in [2.75, 3.05) is 18.1 Å². The number of hydrogen-bond donors (Lipinski definition) is 2. The summed E-state index contributed by atoms with van der Waals surface area (Å²) in [7, 11) is 0. The van der Waals surface area contributed by atoms with E-state index in [1.165, 1.54) is 4.90 Å². The molecule has 2 N–H and O–H groups in total. The number of phenolic OH excluding ortho intramolecular Hbond substituents is 1. The van der Waals surface area contributed by atoms with Gasteiger partial charge in [0.25, 0.3) is 0 Å². The molecule has 2 aromatic carbocycles. The molecule has 0 spiro atoms. The molecule has 1 aliphatic heterocycles. The van der Waals surface area contributed by atoms with E-state index in [-0.39, 0.29) is 5.56 Å². The summed E-state index contributed by atoms with van der Waals surface area (Å²) in [5, 5.41) is 20.6. The van der Waals surface area contributed by atoms with Crippen LogP contribution in [-0.2, 0) is 16.4 Å². The number of benzene rings is 2. The highest BCUT2D eigenvalue weighted by atomic mass is 19.4. The number of anilines is 1. The monoisotopic (exact) mass is 393 g/mol. The third kappa shape index (κ3) is 3.13. The molecule has 0 radical (unpaired) electrons. The first-order chi connectivity index (χ1) is 13.3. The van der Waals surface area contributed by atoms with Crippen LogP contribution in [0, 0.1) is 0 Å². The smallest absolute Gasteiger partial charge is 0.416 e. The third-order valence-corrected chi connectivity index (χ3v) is 5.27. The number of fused-ring (bicyclic) bond motifs is 1. The third-order valence-electron chi connectivity index (χ3n) is 5.27. The van der Waals surface area contributed by atoms with Crippen LogP contribution in [-0.4, -0.2) is 29.3 Å². The molecular formula is C21H22F3NO3. The fraction of sp³-hybridized carbons (Fsp3) is 0.381. The topological polar surface area (TPSA) is 60.8 Å². The lowest BCUT2D eigenvalue weighted by molar-refractivity contribution is -0.137. The van der Waals surface area contributed by atoms with Crippen molar-refractivity contribution in [1.82, 2.24) is 0 Å². The number of aliphatic hydroxyl groups excluding tert-OH is 1. The molecule has 1 heterocycles. The number of alkyl halides is 3. The van der Waals surface area contributed by atoms with Gasteiger partial charge in [-0.1, -0.05) is 38.0 Å². The van der Waals surface area contributed by atoms with Crippen LogP contribution in [0.5, 0.6) is 5.75 Å². The summed E-state index contributed by atoms with van der Waals surface area (Å²) < 4.78 is 39.8.